The molecule has 0 heteroatoms. The second-order valence-electron chi connectivity index (χ2n) is 2.68. The molecule has 0 atom stereocenters. The number of rotatable bonds is 0. The largest absolute Gasteiger partial charge is 0.0836 e. The minimum absolute atomic E-state index is 0.245. The first-order chi connectivity index (χ1) is 3.06. The molecule has 0 bridgehead atoms. The second kappa shape index (κ2) is 2.15. The third kappa shape index (κ3) is 5.74. The Bertz CT molecular complexity index is 62.6. The molecule has 0 saturated heterocycles. The van der Waals surface area contributed by atoms with Gasteiger partial charge in [0.05, 0.1) is 0 Å². The van der Waals surface area contributed by atoms with Crippen molar-refractivity contribution in [1.82, 2.24) is 0 Å². The van der Waals surface area contributed by atoms with E-state index in [2.05, 4.69) is 26.8 Å². The fourth-order valence-corrected chi connectivity index (χ4v) is 0.433. The van der Waals surface area contributed by atoms with Gasteiger partial charge in [0.15, 0.2) is 0 Å². The summed E-state index contributed by atoms with van der Waals surface area (Å²) >= 11 is 0. The summed E-state index contributed by atoms with van der Waals surface area (Å²) in [5.74, 6) is 0. The highest BCUT2D eigenvalue weighted by Crippen LogP contribution is 2.12. The predicted molar refractivity (Wildman–Crippen MR) is 32.9 cm³/mol. The molecular formula is C7H13. The molecular weight excluding hydrogens is 84.1 g/mol. The van der Waals surface area contributed by atoms with Crippen LogP contribution in [0.5, 0.6) is 0 Å². The molecule has 0 rings (SSSR count). The average molecular weight is 97.2 g/mol. The molecule has 0 aliphatic heterocycles. The van der Waals surface area contributed by atoms with Crippen LogP contribution in [-0.2, 0) is 0 Å². The van der Waals surface area contributed by atoms with E-state index in [4.69, 9.17) is 0 Å². The van der Waals surface area contributed by atoms with E-state index in [1.54, 1.807) is 0 Å². The summed E-state index contributed by atoms with van der Waals surface area (Å²) in [7, 11) is 0. The van der Waals surface area contributed by atoms with Gasteiger partial charge in [-0.3, -0.25) is 0 Å². The molecule has 0 spiro atoms. The maximum absolute atomic E-state index is 3.16. The summed E-state index contributed by atoms with van der Waals surface area (Å²) in [6, 6.07) is 0. The van der Waals surface area contributed by atoms with Crippen molar-refractivity contribution in [2.45, 2.75) is 27.7 Å². The molecule has 1 radical (unpaired) electrons. The van der Waals surface area contributed by atoms with Gasteiger partial charge >= 0.3 is 0 Å². The van der Waals surface area contributed by atoms with Crippen molar-refractivity contribution in [3.05, 3.63) is 12.2 Å². The molecule has 0 aromatic heterocycles. The molecule has 0 nitrogen and oxygen atoms in total. The summed E-state index contributed by atoms with van der Waals surface area (Å²) in [5.41, 5.74) is 0.245. The molecule has 41 valence electrons. The highest BCUT2D eigenvalue weighted by molar-refractivity contribution is 4.79. The standard InChI is InChI=1S/C7H13/c1-5-6-7(2,3)4/h5H,1-4H3. The first kappa shape index (κ1) is 6.74. The Hall–Kier alpha value is -0.260. The van der Waals surface area contributed by atoms with Crippen molar-refractivity contribution in [2.75, 3.05) is 0 Å². The van der Waals surface area contributed by atoms with Gasteiger partial charge in [-0.1, -0.05) is 26.8 Å². The molecule has 0 aromatic rings. The molecule has 0 aliphatic rings. The first-order valence-corrected chi connectivity index (χ1v) is 2.62. The fraction of sp³-hybridized carbons (Fsp3) is 0.714. The van der Waals surface area contributed by atoms with Crippen molar-refractivity contribution in [3.8, 4) is 0 Å². The van der Waals surface area contributed by atoms with E-state index >= 15 is 0 Å². The SMILES string of the molecule is C/C=[C]/C(C)(C)C. The van der Waals surface area contributed by atoms with Crippen LogP contribution in [0.3, 0.4) is 0 Å². The zero-order valence-electron chi connectivity index (χ0n) is 5.58. The maximum Gasteiger partial charge on any atom is -0.0132 e. The van der Waals surface area contributed by atoms with Gasteiger partial charge < -0.3 is 0 Å². The first-order valence-electron chi connectivity index (χ1n) is 2.62. The van der Waals surface area contributed by atoms with E-state index < -0.39 is 0 Å². The van der Waals surface area contributed by atoms with Crippen LogP contribution in [0.25, 0.3) is 0 Å². The molecule has 0 fully saturated rings. The lowest BCUT2D eigenvalue weighted by atomic mass is 9.97. The molecule has 7 heavy (non-hydrogen) atoms. The summed E-state index contributed by atoms with van der Waals surface area (Å²) in [4.78, 5) is 0. The van der Waals surface area contributed by atoms with Crippen molar-refractivity contribution in [2.24, 2.45) is 5.41 Å². The summed E-state index contributed by atoms with van der Waals surface area (Å²) in [6.07, 6.45) is 5.12. The zero-order valence-corrected chi connectivity index (χ0v) is 5.58. The number of allylic oxidation sites excluding steroid dienone is 2. The Kier molecular flexibility index (Phi) is 2.07. The van der Waals surface area contributed by atoms with Gasteiger partial charge in [-0.25, -0.2) is 0 Å². The van der Waals surface area contributed by atoms with Crippen LogP contribution in [-0.4, -0.2) is 0 Å². The second-order valence-corrected chi connectivity index (χ2v) is 2.68. The Morgan fingerprint density at radius 3 is 1.71 bits per heavy atom. The molecule has 0 amide bonds. The van der Waals surface area contributed by atoms with E-state index in [0.717, 1.165) is 0 Å². The van der Waals surface area contributed by atoms with E-state index in [1.807, 2.05) is 13.0 Å². The van der Waals surface area contributed by atoms with E-state index in [0.29, 0.717) is 0 Å². The van der Waals surface area contributed by atoms with Crippen molar-refractivity contribution in [1.29, 1.82) is 0 Å². The fourth-order valence-electron chi connectivity index (χ4n) is 0.433. The highest BCUT2D eigenvalue weighted by atomic mass is 14.1. The van der Waals surface area contributed by atoms with Gasteiger partial charge in [-0.2, -0.15) is 0 Å². The van der Waals surface area contributed by atoms with Gasteiger partial charge in [-0.05, 0) is 18.4 Å². The van der Waals surface area contributed by atoms with E-state index in [9.17, 15) is 0 Å². The van der Waals surface area contributed by atoms with Crippen LogP contribution >= 0.6 is 0 Å². The lowest BCUT2D eigenvalue weighted by molar-refractivity contribution is 0.523. The molecule has 0 aromatic carbocycles. The lowest BCUT2D eigenvalue weighted by Crippen LogP contribution is -1.98. The molecule has 0 aliphatic carbocycles. The lowest BCUT2D eigenvalue weighted by Gasteiger charge is -2.08. The number of hydrogen-bond acceptors (Lipinski definition) is 0. The van der Waals surface area contributed by atoms with Gasteiger partial charge in [0.1, 0.15) is 0 Å². The quantitative estimate of drug-likeness (QED) is 0.435. The Morgan fingerprint density at radius 1 is 1.29 bits per heavy atom. The Labute approximate surface area is 46.2 Å². The Morgan fingerprint density at radius 2 is 1.71 bits per heavy atom. The van der Waals surface area contributed by atoms with Crippen molar-refractivity contribution < 1.29 is 0 Å². The van der Waals surface area contributed by atoms with Crippen LogP contribution in [0.15, 0.2) is 6.08 Å². The van der Waals surface area contributed by atoms with E-state index in [-0.39, 0.29) is 5.41 Å². The Balaban J connectivity index is 3.56. The van der Waals surface area contributed by atoms with Gasteiger partial charge in [-0.15, -0.1) is 0 Å². The van der Waals surface area contributed by atoms with Crippen LogP contribution in [0.4, 0.5) is 0 Å². The monoisotopic (exact) mass is 97.1 g/mol. The highest BCUT2D eigenvalue weighted by Gasteiger charge is 2.01. The minimum Gasteiger partial charge on any atom is -0.0836 e. The predicted octanol–water partition coefficient (Wildman–Crippen LogP) is 2.41. The van der Waals surface area contributed by atoms with Gasteiger partial charge in [0, 0.05) is 0 Å². The summed E-state index contributed by atoms with van der Waals surface area (Å²) in [6.45, 7) is 8.39. The van der Waals surface area contributed by atoms with Crippen LogP contribution in [0.2, 0.25) is 0 Å². The van der Waals surface area contributed by atoms with Crippen LogP contribution in [0, 0.1) is 11.5 Å². The average Bonchev–Trinajstić information content (AvgIpc) is 1.30. The van der Waals surface area contributed by atoms with Gasteiger partial charge in [0.25, 0.3) is 0 Å². The third-order valence-electron chi connectivity index (χ3n) is 0.577. The van der Waals surface area contributed by atoms with Crippen molar-refractivity contribution in [3.63, 3.8) is 0 Å². The number of hydrogen-bond donors (Lipinski definition) is 0. The molecule has 0 N–H and O–H groups in total. The molecule has 0 saturated carbocycles. The molecule has 0 heterocycles. The smallest absolute Gasteiger partial charge is 0.0132 e. The topological polar surface area (TPSA) is 0 Å². The van der Waals surface area contributed by atoms with E-state index in [1.165, 1.54) is 0 Å². The molecule has 0 unspecified atom stereocenters. The van der Waals surface area contributed by atoms with Crippen molar-refractivity contribution >= 4 is 0 Å². The summed E-state index contributed by atoms with van der Waals surface area (Å²) < 4.78 is 0. The van der Waals surface area contributed by atoms with Crippen LogP contribution < -0.4 is 0 Å². The summed E-state index contributed by atoms with van der Waals surface area (Å²) in [5, 5.41) is 0. The maximum atomic E-state index is 3.16. The minimum atomic E-state index is 0.245. The normalized spacial score (nSPS) is 13.1. The van der Waals surface area contributed by atoms with Crippen LogP contribution in [0.1, 0.15) is 27.7 Å². The zero-order chi connectivity index (χ0) is 5.91. The third-order valence-corrected chi connectivity index (χ3v) is 0.577. The van der Waals surface area contributed by atoms with Gasteiger partial charge in [0.2, 0.25) is 0 Å².